The lowest BCUT2D eigenvalue weighted by Gasteiger charge is -2.32. The molecule has 0 aromatic carbocycles. The number of halogens is 1. The first-order chi connectivity index (χ1) is 5.84. The van der Waals surface area contributed by atoms with Crippen LogP contribution in [0.1, 0.15) is 26.2 Å². The summed E-state index contributed by atoms with van der Waals surface area (Å²) in [5.41, 5.74) is 0. The molecular formula is C10H18ClN. The van der Waals surface area contributed by atoms with Crippen LogP contribution in [0.15, 0.2) is 12.2 Å². The van der Waals surface area contributed by atoms with Crippen LogP contribution in [0.25, 0.3) is 0 Å². The molecule has 0 aliphatic carbocycles. The molecule has 1 aliphatic rings. The average Bonchev–Trinajstić information content (AvgIpc) is 2.09. The molecule has 1 heterocycles. The van der Waals surface area contributed by atoms with Gasteiger partial charge in [-0.3, -0.25) is 4.90 Å². The van der Waals surface area contributed by atoms with Gasteiger partial charge in [0.15, 0.2) is 0 Å². The first-order valence-corrected chi connectivity index (χ1v) is 5.33. The van der Waals surface area contributed by atoms with E-state index in [4.69, 9.17) is 11.6 Å². The van der Waals surface area contributed by atoms with E-state index < -0.39 is 0 Å². The number of nitrogens with zero attached hydrogens (tertiary/aromatic N) is 1. The Hall–Kier alpha value is -0.0100. The standard InChI is InChI=1S/C10H18ClN/c1-10-6-2-4-8-12(10)9-5-3-7-11/h3,5,10H,2,4,6-9H2,1H3. The summed E-state index contributed by atoms with van der Waals surface area (Å²) in [5, 5.41) is 0. The van der Waals surface area contributed by atoms with Crippen LogP contribution in [0.4, 0.5) is 0 Å². The fourth-order valence-corrected chi connectivity index (χ4v) is 1.83. The lowest BCUT2D eigenvalue weighted by atomic mass is 10.0. The van der Waals surface area contributed by atoms with Crippen molar-refractivity contribution >= 4 is 11.6 Å². The fourth-order valence-electron chi connectivity index (χ4n) is 1.70. The van der Waals surface area contributed by atoms with Crippen molar-refractivity contribution in [3.05, 3.63) is 12.2 Å². The minimum absolute atomic E-state index is 0.641. The molecule has 1 rings (SSSR count). The van der Waals surface area contributed by atoms with E-state index in [0.29, 0.717) is 5.88 Å². The lowest BCUT2D eigenvalue weighted by Crippen LogP contribution is -2.37. The summed E-state index contributed by atoms with van der Waals surface area (Å²) in [4.78, 5) is 2.52. The van der Waals surface area contributed by atoms with Crippen molar-refractivity contribution in [3.8, 4) is 0 Å². The van der Waals surface area contributed by atoms with Crippen molar-refractivity contribution < 1.29 is 0 Å². The van der Waals surface area contributed by atoms with Gasteiger partial charge in [0.2, 0.25) is 0 Å². The normalized spacial score (nSPS) is 26.7. The molecule has 1 aliphatic heterocycles. The summed E-state index contributed by atoms with van der Waals surface area (Å²) in [6.45, 7) is 4.65. The third-order valence-corrected chi connectivity index (χ3v) is 2.71. The van der Waals surface area contributed by atoms with Crippen molar-refractivity contribution in [2.24, 2.45) is 0 Å². The van der Waals surface area contributed by atoms with Crippen LogP contribution >= 0.6 is 11.6 Å². The first-order valence-electron chi connectivity index (χ1n) is 4.79. The Morgan fingerprint density at radius 3 is 2.92 bits per heavy atom. The van der Waals surface area contributed by atoms with Gasteiger partial charge in [0.05, 0.1) is 0 Å². The van der Waals surface area contributed by atoms with Crippen molar-refractivity contribution in [3.63, 3.8) is 0 Å². The monoisotopic (exact) mass is 187 g/mol. The number of hydrogen-bond donors (Lipinski definition) is 0. The van der Waals surface area contributed by atoms with Gasteiger partial charge in [-0.1, -0.05) is 18.6 Å². The molecule has 0 radical (unpaired) electrons. The Bertz CT molecular complexity index is 145. The SMILES string of the molecule is CC1CCCCN1CC=CCCl. The fraction of sp³-hybridized carbons (Fsp3) is 0.800. The van der Waals surface area contributed by atoms with Gasteiger partial charge in [-0.2, -0.15) is 0 Å². The summed E-state index contributed by atoms with van der Waals surface area (Å²) in [6, 6.07) is 0.763. The third-order valence-electron chi connectivity index (χ3n) is 2.54. The van der Waals surface area contributed by atoms with E-state index in [1.165, 1.54) is 25.8 Å². The summed E-state index contributed by atoms with van der Waals surface area (Å²) < 4.78 is 0. The highest BCUT2D eigenvalue weighted by molar-refractivity contribution is 6.18. The molecule has 0 bridgehead atoms. The van der Waals surface area contributed by atoms with Gasteiger partial charge in [0.25, 0.3) is 0 Å². The van der Waals surface area contributed by atoms with E-state index >= 15 is 0 Å². The van der Waals surface area contributed by atoms with E-state index in [0.717, 1.165) is 12.6 Å². The maximum atomic E-state index is 5.55. The van der Waals surface area contributed by atoms with Gasteiger partial charge < -0.3 is 0 Å². The van der Waals surface area contributed by atoms with E-state index in [9.17, 15) is 0 Å². The van der Waals surface area contributed by atoms with E-state index in [1.807, 2.05) is 6.08 Å². The van der Waals surface area contributed by atoms with Crippen molar-refractivity contribution in [2.75, 3.05) is 19.0 Å². The number of piperidine rings is 1. The molecule has 0 N–H and O–H groups in total. The first kappa shape index (κ1) is 10.1. The summed E-state index contributed by atoms with van der Waals surface area (Å²) >= 11 is 5.55. The van der Waals surface area contributed by atoms with E-state index in [2.05, 4.69) is 17.9 Å². The molecule has 1 unspecified atom stereocenters. The highest BCUT2D eigenvalue weighted by Gasteiger charge is 2.15. The predicted molar refractivity (Wildman–Crippen MR) is 54.7 cm³/mol. The van der Waals surface area contributed by atoms with Gasteiger partial charge in [0.1, 0.15) is 0 Å². The quantitative estimate of drug-likeness (QED) is 0.485. The van der Waals surface area contributed by atoms with Crippen LogP contribution in [-0.2, 0) is 0 Å². The second-order valence-corrected chi connectivity index (χ2v) is 3.77. The van der Waals surface area contributed by atoms with Gasteiger partial charge in [-0.25, -0.2) is 0 Å². The Labute approximate surface area is 80.4 Å². The zero-order valence-corrected chi connectivity index (χ0v) is 8.56. The molecule has 0 saturated carbocycles. The molecular weight excluding hydrogens is 170 g/mol. The number of hydrogen-bond acceptors (Lipinski definition) is 1. The Kier molecular flexibility index (Phi) is 4.70. The molecule has 1 atom stereocenters. The molecule has 1 fully saturated rings. The van der Waals surface area contributed by atoms with Crippen molar-refractivity contribution in [1.82, 2.24) is 4.90 Å². The van der Waals surface area contributed by atoms with Crippen molar-refractivity contribution in [2.45, 2.75) is 32.2 Å². The molecule has 0 spiro atoms. The van der Waals surface area contributed by atoms with Crippen LogP contribution in [0.2, 0.25) is 0 Å². The van der Waals surface area contributed by atoms with Gasteiger partial charge >= 0.3 is 0 Å². The van der Waals surface area contributed by atoms with E-state index in [-0.39, 0.29) is 0 Å². The molecule has 0 aromatic heterocycles. The summed E-state index contributed by atoms with van der Waals surface area (Å²) in [6.07, 6.45) is 8.32. The molecule has 1 saturated heterocycles. The zero-order chi connectivity index (χ0) is 8.81. The van der Waals surface area contributed by atoms with Crippen LogP contribution in [0.3, 0.4) is 0 Å². The molecule has 2 heteroatoms. The third kappa shape index (κ3) is 3.16. The Balaban J connectivity index is 2.24. The molecule has 1 nitrogen and oxygen atoms in total. The number of alkyl halides is 1. The molecule has 12 heavy (non-hydrogen) atoms. The van der Waals surface area contributed by atoms with Gasteiger partial charge in [-0.05, 0) is 26.3 Å². The van der Waals surface area contributed by atoms with E-state index in [1.54, 1.807) is 0 Å². The maximum Gasteiger partial charge on any atom is 0.0404 e. The second-order valence-electron chi connectivity index (χ2n) is 3.47. The summed E-state index contributed by atoms with van der Waals surface area (Å²) in [5.74, 6) is 0.641. The van der Waals surface area contributed by atoms with Crippen molar-refractivity contribution in [1.29, 1.82) is 0 Å². The van der Waals surface area contributed by atoms with Crippen LogP contribution in [-0.4, -0.2) is 29.9 Å². The average molecular weight is 188 g/mol. The Morgan fingerprint density at radius 1 is 1.42 bits per heavy atom. The second kappa shape index (κ2) is 5.60. The van der Waals surface area contributed by atoms with Gasteiger partial charge in [0, 0.05) is 18.5 Å². The highest BCUT2D eigenvalue weighted by Crippen LogP contribution is 2.15. The number of likely N-dealkylation sites (tertiary alicyclic amines) is 1. The Morgan fingerprint density at radius 2 is 2.25 bits per heavy atom. The molecule has 0 aromatic rings. The molecule has 70 valence electrons. The van der Waals surface area contributed by atoms with Crippen LogP contribution in [0.5, 0.6) is 0 Å². The smallest absolute Gasteiger partial charge is 0.0404 e. The minimum atomic E-state index is 0.641. The maximum absolute atomic E-state index is 5.55. The summed E-state index contributed by atoms with van der Waals surface area (Å²) in [7, 11) is 0. The van der Waals surface area contributed by atoms with Gasteiger partial charge in [-0.15, -0.1) is 11.6 Å². The van der Waals surface area contributed by atoms with Crippen LogP contribution < -0.4 is 0 Å². The lowest BCUT2D eigenvalue weighted by molar-refractivity contribution is 0.179. The molecule has 0 amide bonds. The zero-order valence-electron chi connectivity index (χ0n) is 7.80. The largest absolute Gasteiger partial charge is 0.297 e. The van der Waals surface area contributed by atoms with Crippen LogP contribution in [0, 0.1) is 0 Å². The predicted octanol–water partition coefficient (Wildman–Crippen LogP) is 2.66. The highest BCUT2D eigenvalue weighted by atomic mass is 35.5. The number of allylic oxidation sites excluding steroid dienone is 1. The number of rotatable bonds is 3. The minimum Gasteiger partial charge on any atom is -0.297 e. The topological polar surface area (TPSA) is 3.24 Å².